The van der Waals surface area contributed by atoms with E-state index in [-0.39, 0.29) is 24.3 Å². The number of hydrogen-bond acceptors (Lipinski definition) is 12. The molecule has 0 unspecified atom stereocenters. The Morgan fingerprint density at radius 2 is 0.769 bits per heavy atom. The first-order valence-corrected chi connectivity index (χ1v) is 17.0. The molecule has 0 bridgehead atoms. The normalized spacial score (nSPS) is 13.0. The molecule has 25 heteroatoms. The number of nitrogens with one attached hydrogen (secondary N) is 2. The topological polar surface area (TPSA) is 328 Å². The zero-order valence-corrected chi connectivity index (χ0v) is 23.9. The van der Waals surface area contributed by atoms with Crippen LogP contribution in [0.5, 0.6) is 0 Å². The van der Waals surface area contributed by atoms with Crippen LogP contribution in [0.1, 0.15) is 0 Å². The van der Waals surface area contributed by atoms with Crippen LogP contribution in [0.3, 0.4) is 0 Å². The van der Waals surface area contributed by atoms with Gasteiger partial charge in [0.05, 0.1) is 21.2 Å². The predicted octanol–water partition coefficient (Wildman–Crippen LogP) is -1.18. The van der Waals surface area contributed by atoms with E-state index in [2.05, 4.69) is 24.4 Å². The van der Waals surface area contributed by atoms with Gasteiger partial charge in [0.1, 0.15) is 19.6 Å². The third kappa shape index (κ3) is 7.33. The van der Waals surface area contributed by atoms with Crippen molar-refractivity contribution in [1.82, 2.24) is 0 Å². The molecule has 0 fully saturated rings. The number of benzene rings is 2. The maximum Gasteiger partial charge on any atom is 0.296 e. The Hall–Kier alpha value is -2.59. The number of nitrogens with two attached hydrogens (primary N) is 2. The van der Waals surface area contributed by atoms with Crippen LogP contribution in [0.25, 0.3) is 0 Å². The lowest BCUT2D eigenvalue weighted by atomic mass is 10.3. The zero-order valence-electron chi connectivity index (χ0n) is 18.2. The highest BCUT2D eigenvalue weighted by Crippen LogP contribution is 2.39. The van der Waals surface area contributed by atoms with E-state index in [0.717, 1.165) is 0 Å². The minimum Gasteiger partial charge on any atom is -0.376 e. The predicted molar refractivity (Wildman–Crippen MR) is 138 cm³/mol. The smallest absolute Gasteiger partial charge is 0.296 e. The number of sulfone groups is 1. The maximum absolute atomic E-state index is 13.5. The van der Waals surface area contributed by atoms with Crippen molar-refractivity contribution in [1.29, 1.82) is 0 Å². The zero-order chi connectivity index (χ0) is 30.5. The number of thiocarbonyl (C=S) groups is 2. The lowest BCUT2D eigenvalue weighted by Gasteiger charge is -2.17. The fourth-order valence-electron chi connectivity index (χ4n) is 2.91. The quantitative estimate of drug-likeness (QED) is 0.120. The van der Waals surface area contributed by atoms with E-state index in [4.69, 9.17) is 11.5 Å². The summed E-state index contributed by atoms with van der Waals surface area (Å²) in [4.78, 5) is -9.67. The maximum atomic E-state index is 13.5. The van der Waals surface area contributed by atoms with E-state index in [1.807, 2.05) is 10.6 Å². The first-order valence-electron chi connectivity index (χ1n) is 8.92. The Kier molecular flexibility index (Phi) is 8.72. The van der Waals surface area contributed by atoms with Gasteiger partial charge in [0.2, 0.25) is 9.84 Å². The summed E-state index contributed by atoms with van der Waals surface area (Å²) in [5.41, 5.74) is 8.46. The van der Waals surface area contributed by atoms with Crippen molar-refractivity contribution in [2.75, 3.05) is 10.6 Å². The lowest BCUT2D eigenvalue weighted by molar-refractivity contribution is 0.474. The number of rotatable bonds is 8. The average Bonchev–Trinajstić information content (AvgIpc) is 2.69. The molecular weight excluding hydrogens is 673 g/mol. The first kappa shape index (κ1) is 32.6. The molecule has 18 nitrogen and oxygen atoms in total. The third-order valence-electron chi connectivity index (χ3n) is 4.30. The van der Waals surface area contributed by atoms with Gasteiger partial charge in [-0.2, -0.15) is 33.7 Å². The van der Waals surface area contributed by atoms with Crippen molar-refractivity contribution < 1.29 is 60.3 Å². The minimum atomic E-state index is -5.84. The SMILES string of the molecule is NC(=S)Nc1cc(S(=O)(=O)O)c(S(=O)(=O)c2cc(S(=O)(=O)O)c(NC(N)=S)cc2S(=O)(=O)O)cc1S(=O)(=O)O. The van der Waals surface area contributed by atoms with Crippen molar-refractivity contribution in [3.63, 3.8) is 0 Å². The molecule has 0 spiro atoms. The third-order valence-corrected chi connectivity index (χ3v) is 10.2. The molecule has 0 aliphatic carbocycles. The molecule has 0 saturated carbocycles. The van der Waals surface area contributed by atoms with Gasteiger partial charge in [0.15, 0.2) is 10.2 Å². The van der Waals surface area contributed by atoms with Gasteiger partial charge < -0.3 is 22.1 Å². The van der Waals surface area contributed by atoms with E-state index in [1.54, 1.807) is 0 Å². The summed E-state index contributed by atoms with van der Waals surface area (Å²) in [6, 6.07) is 0.112. The molecular formula is C14H14N4O14S7. The molecule has 0 saturated heterocycles. The van der Waals surface area contributed by atoms with Crippen LogP contribution in [0.15, 0.2) is 53.6 Å². The van der Waals surface area contributed by atoms with Gasteiger partial charge in [-0.25, -0.2) is 8.42 Å². The summed E-state index contributed by atoms with van der Waals surface area (Å²) in [6.07, 6.45) is 0. The average molecular weight is 687 g/mol. The van der Waals surface area contributed by atoms with Crippen molar-refractivity contribution in [3.8, 4) is 0 Å². The Labute approximate surface area is 231 Å². The number of hydrogen-bond donors (Lipinski definition) is 8. The molecule has 2 aromatic rings. The molecule has 39 heavy (non-hydrogen) atoms. The summed E-state index contributed by atoms with van der Waals surface area (Å²) in [5, 5.41) is 2.38. The molecule has 2 aromatic carbocycles. The second-order valence-corrected chi connectivity index (χ2v) is 15.3. The van der Waals surface area contributed by atoms with Gasteiger partial charge in [-0.1, -0.05) is 0 Å². The summed E-state index contributed by atoms with van der Waals surface area (Å²) in [7, 11) is -28.1. The van der Waals surface area contributed by atoms with Crippen molar-refractivity contribution in [2.24, 2.45) is 11.5 Å². The molecule has 0 amide bonds. The molecule has 0 aliphatic heterocycles. The molecule has 2 rings (SSSR count). The highest BCUT2D eigenvalue weighted by atomic mass is 32.2. The van der Waals surface area contributed by atoms with E-state index in [1.165, 1.54) is 0 Å². The van der Waals surface area contributed by atoms with Crippen LogP contribution in [0.2, 0.25) is 0 Å². The first-order chi connectivity index (χ1) is 17.3. The molecule has 0 radical (unpaired) electrons. The van der Waals surface area contributed by atoms with E-state index in [9.17, 15) is 60.3 Å². The van der Waals surface area contributed by atoms with Gasteiger partial charge in [0.25, 0.3) is 40.5 Å². The second kappa shape index (κ2) is 10.4. The molecule has 0 heterocycles. The Balaban J connectivity index is 3.27. The standard InChI is InChI=1S/C14H14N4O14S7/c15-13(33)17-5-1-11(38(27,28)29)9(3-7(5)36(21,22)23)35(19,20)10-4-8(37(24,25)26)6(18-14(16)34)2-12(10)39(30,31)32/h1-4H,(H3,15,17,33)(H3,16,18,34)(H,21,22,23)(H,24,25,26)(H,27,28,29)(H,30,31,32). The van der Waals surface area contributed by atoms with Crippen LogP contribution < -0.4 is 22.1 Å². The highest BCUT2D eigenvalue weighted by Gasteiger charge is 2.37. The monoisotopic (exact) mass is 686 g/mol. The van der Waals surface area contributed by atoms with Crippen molar-refractivity contribution in [3.05, 3.63) is 24.3 Å². The van der Waals surface area contributed by atoms with Crippen LogP contribution >= 0.6 is 24.4 Å². The van der Waals surface area contributed by atoms with Crippen LogP contribution in [0.4, 0.5) is 11.4 Å². The molecule has 10 N–H and O–H groups in total. The summed E-state index contributed by atoms with van der Waals surface area (Å²) in [6.45, 7) is 0. The second-order valence-electron chi connectivity index (χ2n) is 6.97. The summed E-state index contributed by atoms with van der Waals surface area (Å²) >= 11 is 8.98. The fourth-order valence-corrected chi connectivity index (χ4v) is 8.47. The van der Waals surface area contributed by atoms with Gasteiger partial charge in [-0.3, -0.25) is 18.2 Å². The molecule has 216 valence electrons. The van der Waals surface area contributed by atoms with E-state index < -0.39 is 101 Å². The summed E-state index contributed by atoms with van der Waals surface area (Å²) < 4.78 is 161. The van der Waals surface area contributed by atoms with E-state index in [0.29, 0.717) is 0 Å². The van der Waals surface area contributed by atoms with Crippen LogP contribution in [0, 0.1) is 0 Å². The van der Waals surface area contributed by atoms with Crippen LogP contribution in [-0.2, 0) is 50.3 Å². The molecule has 0 atom stereocenters. The van der Waals surface area contributed by atoms with Gasteiger partial charge in [0, 0.05) is 0 Å². The van der Waals surface area contributed by atoms with Crippen molar-refractivity contribution >= 4 is 96.3 Å². The Bertz CT molecular complexity index is 1830. The Morgan fingerprint density at radius 3 is 0.974 bits per heavy atom. The van der Waals surface area contributed by atoms with Gasteiger partial charge in [-0.05, 0) is 48.7 Å². The summed E-state index contributed by atoms with van der Waals surface area (Å²) in [5.74, 6) is 0. The van der Waals surface area contributed by atoms with Crippen LogP contribution in [-0.4, -0.2) is 70.5 Å². The van der Waals surface area contributed by atoms with Crippen molar-refractivity contribution in [2.45, 2.75) is 29.4 Å². The Morgan fingerprint density at radius 1 is 0.513 bits per heavy atom. The molecule has 0 aliphatic rings. The minimum absolute atomic E-state index is 0.0730. The molecule has 0 aromatic heterocycles. The number of anilines is 2. The van der Waals surface area contributed by atoms with Gasteiger partial charge in [-0.15, -0.1) is 0 Å². The fraction of sp³-hybridized carbons (Fsp3) is 0. The van der Waals surface area contributed by atoms with Gasteiger partial charge >= 0.3 is 0 Å². The largest absolute Gasteiger partial charge is 0.376 e. The lowest BCUT2D eigenvalue weighted by Crippen LogP contribution is -2.23. The van der Waals surface area contributed by atoms with E-state index >= 15 is 0 Å². The highest BCUT2D eigenvalue weighted by molar-refractivity contribution is 7.94.